The molecular formula is C22H19F2N9O3. The fraction of sp³-hybridized carbons (Fsp3) is 0.227. The Balaban J connectivity index is 1.47. The van der Waals surface area contributed by atoms with Crippen LogP contribution in [0.15, 0.2) is 61.4 Å². The molecule has 184 valence electrons. The van der Waals surface area contributed by atoms with E-state index in [1.807, 2.05) is 0 Å². The highest BCUT2D eigenvalue weighted by molar-refractivity contribution is 6.12. The van der Waals surface area contributed by atoms with Gasteiger partial charge in [0.25, 0.3) is 5.91 Å². The van der Waals surface area contributed by atoms with Crippen LogP contribution in [0.25, 0.3) is 5.69 Å². The molecule has 1 fully saturated rings. The number of imide groups is 1. The third-order valence-electron chi connectivity index (χ3n) is 6.12. The van der Waals surface area contributed by atoms with Gasteiger partial charge in [-0.15, -0.1) is 5.10 Å². The van der Waals surface area contributed by atoms with Gasteiger partial charge in [-0.05, 0) is 47.7 Å². The average Bonchev–Trinajstić information content (AvgIpc) is 3.61. The van der Waals surface area contributed by atoms with Crippen molar-refractivity contribution >= 4 is 17.6 Å². The van der Waals surface area contributed by atoms with Crippen LogP contribution in [0.5, 0.6) is 0 Å². The molecule has 1 aliphatic heterocycles. The third-order valence-corrected chi connectivity index (χ3v) is 6.12. The van der Waals surface area contributed by atoms with Gasteiger partial charge in [0.2, 0.25) is 0 Å². The predicted molar refractivity (Wildman–Crippen MR) is 118 cm³/mol. The number of amides is 3. The molecule has 1 saturated heterocycles. The topological polar surface area (TPSA) is 135 Å². The second kappa shape index (κ2) is 8.88. The van der Waals surface area contributed by atoms with Gasteiger partial charge in [-0.25, -0.2) is 27.9 Å². The van der Waals surface area contributed by atoms with E-state index in [0.717, 1.165) is 17.0 Å². The van der Waals surface area contributed by atoms with Crippen molar-refractivity contribution in [3.8, 4) is 5.69 Å². The number of hydrogen-bond donors (Lipinski definition) is 1. The van der Waals surface area contributed by atoms with Crippen LogP contribution in [0.4, 0.5) is 19.3 Å². The van der Waals surface area contributed by atoms with Crippen LogP contribution in [-0.4, -0.2) is 69.5 Å². The van der Waals surface area contributed by atoms with Crippen molar-refractivity contribution < 1.29 is 23.5 Å². The number of aliphatic hydroxyl groups is 1. The Kier molecular flexibility index (Phi) is 5.72. The quantitative estimate of drug-likeness (QED) is 0.379. The van der Waals surface area contributed by atoms with Crippen LogP contribution in [0.3, 0.4) is 0 Å². The molecule has 2 aromatic heterocycles. The molecule has 0 radical (unpaired) electrons. The number of halogens is 2. The van der Waals surface area contributed by atoms with Crippen LogP contribution in [0, 0.1) is 11.6 Å². The van der Waals surface area contributed by atoms with E-state index in [1.165, 1.54) is 40.2 Å². The maximum absolute atomic E-state index is 14.9. The minimum Gasteiger partial charge on any atom is -0.381 e. The zero-order valence-corrected chi connectivity index (χ0v) is 18.8. The van der Waals surface area contributed by atoms with Crippen LogP contribution in [-0.2, 0) is 16.9 Å². The number of rotatable bonds is 7. The molecule has 2 aromatic carbocycles. The van der Waals surface area contributed by atoms with E-state index in [9.17, 15) is 23.5 Å². The van der Waals surface area contributed by atoms with Gasteiger partial charge in [0.15, 0.2) is 0 Å². The number of anilines is 1. The normalized spacial score (nSPS) is 16.4. The molecule has 0 unspecified atom stereocenters. The Hall–Kier alpha value is -4.59. The Morgan fingerprint density at radius 3 is 2.47 bits per heavy atom. The first-order valence-electron chi connectivity index (χ1n) is 10.8. The van der Waals surface area contributed by atoms with Crippen LogP contribution >= 0.6 is 0 Å². The van der Waals surface area contributed by atoms with E-state index in [1.54, 1.807) is 24.3 Å². The Labute approximate surface area is 202 Å². The Morgan fingerprint density at radius 2 is 1.83 bits per heavy atom. The summed E-state index contributed by atoms with van der Waals surface area (Å²) in [6, 6.07) is 7.32. The molecular weight excluding hydrogens is 476 g/mol. The first-order valence-corrected chi connectivity index (χ1v) is 10.8. The van der Waals surface area contributed by atoms with Crippen molar-refractivity contribution in [1.29, 1.82) is 0 Å². The van der Waals surface area contributed by atoms with Gasteiger partial charge in [-0.3, -0.25) is 14.6 Å². The van der Waals surface area contributed by atoms with E-state index in [4.69, 9.17) is 0 Å². The fourth-order valence-corrected chi connectivity index (χ4v) is 4.22. The van der Waals surface area contributed by atoms with Gasteiger partial charge in [-0.2, -0.15) is 5.10 Å². The highest BCUT2D eigenvalue weighted by atomic mass is 19.1. The number of carbonyl (C=O) groups excluding carboxylic acids is 2. The molecule has 36 heavy (non-hydrogen) atoms. The second-order valence-electron chi connectivity index (χ2n) is 8.22. The molecule has 5 rings (SSSR count). The third kappa shape index (κ3) is 3.96. The lowest BCUT2D eigenvalue weighted by Gasteiger charge is -2.38. The molecule has 0 aliphatic carbocycles. The van der Waals surface area contributed by atoms with E-state index >= 15 is 0 Å². The largest absolute Gasteiger partial charge is 0.381 e. The van der Waals surface area contributed by atoms with Gasteiger partial charge in [0.1, 0.15) is 42.8 Å². The highest BCUT2D eigenvalue weighted by Crippen LogP contribution is 2.35. The number of tetrazole rings is 1. The summed E-state index contributed by atoms with van der Waals surface area (Å²) in [5, 5.41) is 26.6. The van der Waals surface area contributed by atoms with E-state index < -0.39 is 35.2 Å². The summed E-state index contributed by atoms with van der Waals surface area (Å²) >= 11 is 0. The number of nitrogens with zero attached hydrogens (tertiary/aromatic N) is 9. The molecule has 1 aliphatic rings. The van der Waals surface area contributed by atoms with Crippen LogP contribution in [0.1, 0.15) is 12.5 Å². The summed E-state index contributed by atoms with van der Waals surface area (Å²) in [5.74, 6) is -2.47. The summed E-state index contributed by atoms with van der Waals surface area (Å²) in [6.07, 6.45) is 3.93. The first kappa shape index (κ1) is 23.2. The molecule has 0 spiro atoms. The monoisotopic (exact) mass is 495 g/mol. The standard InChI is InChI=1S/C22H19F2N9O3/c1-14(22(36,10-30-12-25-11-27-30)18-7-2-15(23)8-19(18)24)33-20(34)9-31(21(33)35)16-3-5-17(6-4-16)32-13-26-28-29-32/h2-8,11-14,36H,9-10H2,1H3/t14-,22+/m1/s1. The van der Waals surface area contributed by atoms with Crippen LogP contribution < -0.4 is 4.90 Å². The van der Waals surface area contributed by atoms with Gasteiger partial charge in [-0.1, -0.05) is 6.07 Å². The summed E-state index contributed by atoms with van der Waals surface area (Å²) in [4.78, 5) is 32.3. The summed E-state index contributed by atoms with van der Waals surface area (Å²) in [7, 11) is 0. The molecule has 3 amide bonds. The lowest BCUT2D eigenvalue weighted by atomic mass is 9.85. The maximum atomic E-state index is 14.9. The number of aromatic nitrogens is 7. The zero-order chi connectivity index (χ0) is 25.4. The van der Waals surface area contributed by atoms with E-state index in [-0.39, 0.29) is 18.7 Å². The van der Waals surface area contributed by atoms with Crippen molar-refractivity contribution in [2.24, 2.45) is 0 Å². The molecule has 3 heterocycles. The molecule has 14 heteroatoms. The number of hydrogen-bond acceptors (Lipinski definition) is 8. The number of urea groups is 1. The Morgan fingerprint density at radius 1 is 1.08 bits per heavy atom. The molecule has 0 bridgehead atoms. The maximum Gasteiger partial charge on any atom is 0.332 e. The molecule has 1 N–H and O–H groups in total. The van der Waals surface area contributed by atoms with Gasteiger partial charge in [0, 0.05) is 17.3 Å². The van der Waals surface area contributed by atoms with Gasteiger partial charge in [0.05, 0.1) is 18.3 Å². The van der Waals surface area contributed by atoms with Gasteiger partial charge < -0.3 is 5.11 Å². The predicted octanol–water partition coefficient (Wildman–Crippen LogP) is 1.28. The molecule has 0 saturated carbocycles. The number of benzene rings is 2. The van der Waals surface area contributed by atoms with Crippen LogP contribution in [0.2, 0.25) is 0 Å². The average molecular weight is 495 g/mol. The van der Waals surface area contributed by atoms with Crippen molar-refractivity contribution in [2.45, 2.75) is 25.1 Å². The minimum absolute atomic E-state index is 0.293. The smallest absolute Gasteiger partial charge is 0.332 e. The first-order chi connectivity index (χ1) is 17.3. The van der Waals surface area contributed by atoms with Crippen molar-refractivity contribution in [2.75, 3.05) is 11.4 Å². The summed E-state index contributed by atoms with van der Waals surface area (Å²) in [5.41, 5.74) is -1.39. The minimum atomic E-state index is -2.16. The van der Waals surface area contributed by atoms with Crippen molar-refractivity contribution in [3.05, 3.63) is 78.6 Å². The van der Waals surface area contributed by atoms with Gasteiger partial charge >= 0.3 is 6.03 Å². The highest BCUT2D eigenvalue weighted by Gasteiger charge is 2.49. The lowest BCUT2D eigenvalue weighted by Crippen LogP contribution is -2.54. The van der Waals surface area contributed by atoms with E-state index in [2.05, 4.69) is 25.6 Å². The molecule has 2 atom stereocenters. The number of carbonyl (C=O) groups is 2. The van der Waals surface area contributed by atoms with Crippen molar-refractivity contribution in [1.82, 2.24) is 39.9 Å². The summed E-state index contributed by atoms with van der Waals surface area (Å²) < 4.78 is 31.1. The SMILES string of the molecule is C[C@@H](N1C(=O)CN(c2ccc(-n3cnnn3)cc2)C1=O)[C@@](O)(Cn1cncn1)c1ccc(F)cc1F. The lowest BCUT2D eigenvalue weighted by molar-refractivity contribution is -0.132. The molecule has 12 nitrogen and oxygen atoms in total. The summed E-state index contributed by atoms with van der Waals surface area (Å²) in [6.45, 7) is 0.771. The molecule has 4 aromatic rings. The van der Waals surface area contributed by atoms with Crippen molar-refractivity contribution in [3.63, 3.8) is 0 Å². The Bertz CT molecular complexity index is 1400. The fourth-order valence-electron chi connectivity index (χ4n) is 4.22. The zero-order valence-electron chi connectivity index (χ0n) is 18.8. The second-order valence-corrected chi connectivity index (χ2v) is 8.22. The van der Waals surface area contributed by atoms with E-state index in [0.29, 0.717) is 17.4 Å².